The molecule has 46 heavy (non-hydrogen) atoms. The lowest BCUT2D eigenvalue weighted by Gasteiger charge is -2.36. The molecule has 0 bridgehead atoms. The van der Waals surface area contributed by atoms with Crippen molar-refractivity contribution in [3.8, 4) is 0 Å². The van der Waals surface area contributed by atoms with Crippen molar-refractivity contribution in [2.45, 2.75) is 174 Å². The Labute approximate surface area is 287 Å². The Kier molecular flexibility index (Phi) is 29.2. The largest absolute Gasteiger partial charge is 0.382 e. The van der Waals surface area contributed by atoms with E-state index in [9.17, 15) is 14.7 Å². The van der Waals surface area contributed by atoms with Crippen LogP contribution in [-0.4, -0.2) is 99.5 Å². The van der Waals surface area contributed by atoms with E-state index in [2.05, 4.69) is 52.7 Å². The third kappa shape index (κ3) is 31.4. The number of aliphatic hydroxyl groups excluding tert-OH is 1. The summed E-state index contributed by atoms with van der Waals surface area (Å²) in [4.78, 5) is 24.6. The summed E-state index contributed by atoms with van der Waals surface area (Å²) in [5.41, 5.74) is 0. The number of carbonyl (C=O) groups excluding carboxylic acids is 2. The van der Waals surface area contributed by atoms with Gasteiger partial charge in [-0.05, 0) is 12.8 Å². The van der Waals surface area contributed by atoms with Crippen molar-refractivity contribution in [1.29, 1.82) is 0 Å². The number of nitrogens with zero attached hydrogens (tertiary/aromatic N) is 2. The van der Waals surface area contributed by atoms with Gasteiger partial charge in [0.25, 0.3) is 0 Å². The molecule has 0 aliphatic carbocycles. The summed E-state index contributed by atoms with van der Waals surface area (Å²) in [5, 5.41) is 17.1. The molecular formula is C39H82N4O3+2. The van der Waals surface area contributed by atoms with Crippen molar-refractivity contribution in [2.24, 2.45) is 0 Å². The van der Waals surface area contributed by atoms with Crippen LogP contribution in [0.2, 0.25) is 0 Å². The molecule has 0 saturated heterocycles. The summed E-state index contributed by atoms with van der Waals surface area (Å²) in [7, 11) is 8.48. The maximum absolute atomic E-state index is 12.3. The highest BCUT2D eigenvalue weighted by Crippen LogP contribution is 2.13. The van der Waals surface area contributed by atoms with E-state index < -0.39 is 6.10 Å². The number of unbranched alkanes of at least 4 members (excludes halogenated alkanes) is 20. The highest BCUT2D eigenvalue weighted by molar-refractivity contribution is 5.76. The molecule has 274 valence electrons. The van der Waals surface area contributed by atoms with Gasteiger partial charge in [-0.25, -0.2) is 0 Å². The minimum absolute atomic E-state index is 0.153. The summed E-state index contributed by atoms with van der Waals surface area (Å²) in [5.74, 6) is 0.305. The number of nitrogens with one attached hydrogen (secondary N) is 2. The van der Waals surface area contributed by atoms with Crippen molar-refractivity contribution >= 4 is 11.8 Å². The Hall–Kier alpha value is -1.18. The van der Waals surface area contributed by atoms with E-state index in [1.54, 1.807) is 0 Å². The maximum Gasteiger partial charge on any atom is 0.220 e. The fraction of sp³-hybridized carbons (Fsp3) is 0.949. The monoisotopic (exact) mass is 655 g/mol. The molecule has 0 fully saturated rings. The van der Waals surface area contributed by atoms with Crippen LogP contribution in [-0.2, 0) is 9.59 Å². The van der Waals surface area contributed by atoms with Crippen LogP contribution >= 0.6 is 0 Å². The Morgan fingerprint density at radius 1 is 0.478 bits per heavy atom. The average Bonchev–Trinajstić information content (AvgIpc) is 2.97. The van der Waals surface area contributed by atoms with Crippen LogP contribution in [0.1, 0.15) is 168 Å². The minimum Gasteiger partial charge on any atom is -0.382 e. The number of hydrogen-bond donors (Lipinski definition) is 3. The van der Waals surface area contributed by atoms with Crippen molar-refractivity contribution in [1.82, 2.24) is 10.6 Å². The van der Waals surface area contributed by atoms with Gasteiger partial charge in [0.05, 0.1) is 54.4 Å². The number of likely N-dealkylation sites (N-methyl/N-ethyl adjacent to an activating group) is 2. The molecule has 0 radical (unpaired) electrons. The van der Waals surface area contributed by atoms with Crippen LogP contribution < -0.4 is 10.6 Å². The van der Waals surface area contributed by atoms with Crippen molar-refractivity contribution < 1.29 is 23.7 Å². The number of carbonyl (C=O) groups is 2. The van der Waals surface area contributed by atoms with Crippen molar-refractivity contribution in [3.63, 3.8) is 0 Å². The molecule has 3 N–H and O–H groups in total. The molecule has 2 amide bonds. The van der Waals surface area contributed by atoms with Crippen molar-refractivity contribution in [3.05, 3.63) is 0 Å². The van der Waals surface area contributed by atoms with E-state index >= 15 is 0 Å². The molecule has 0 aromatic heterocycles. The van der Waals surface area contributed by atoms with Crippen LogP contribution in [0, 0.1) is 0 Å². The van der Waals surface area contributed by atoms with Gasteiger partial charge in [0.2, 0.25) is 11.8 Å². The molecule has 0 spiro atoms. The first kappa shape index (κ1) is 44.8. The number of aliphatic hydroxyl groups is 1. The zero-order valence-corrected chi connectivity index (χ0v) is 31.9. The first-order valence-electron chi connectivity index (χ1n) is 19.9. The van der Waals surface area contributed by atoms with Gasteiger partial charge in [-0.1, -0.05) is 142 Å². The van der Waals surface area contributed by atoms with Crippen molar-refractivity contribution in [2.75, 3.05) is 67.5 Å². The second-order valence-electron chi connectivity index (χ2n) is 15.6. The average molecular weight is 655 g/mol. The molecule has 7 nitrogen and oxygen atoms in total. The first-order valence-corrected chi connectivity index (χ1v) is 19.9. The van der Waals surface area contributed by atoms with Gasteiger partial charge in [-0.15, -0.1) is 0 Å². The second-order valence-corrected chi connectivity index (χ2v) is 15.6. The van der Waals surface area contributed by atoms with Crippen LogP contribution in [0.3, 0.4) is 0 Å². The van der Waals surface area contributed by atoms with Gasteiger partial charge in [-0.2, -0.15) is 0 Å². The predicted octanol–water partition coefficient (Wildman–Crippen LogP) is 8.13. The molecule has 0 aliphatic rings. The lowest BCUT2D eigenvalue weighted by atomic mass is 10.1. The van der Waals surface area contributed by atoms with E-state index in [0.717, 1.165) is 38.8 Å². The van der Waals surface area contributed by atoms with E-state index in [1.165, 1.54) is 116 Å². The molecule has 0 rings (SSSR count). The van der Waals surface area contributed by atoms with Crippen LogP contribution in [0.5, 0.6) is 0 Å². The number of rotatable bonds is 34. The van der Waals surface area contributed by atoms with E-state index in [4.69, 9.17) is 0 Å². The van der Waals surface area contributed by atoms with E-state index in [0.29, 0.717) is 48.0 Å². The Morgan fingerprint density at radius 3 is 1.02 bits per heavy atom. The smallest absolute Gasteiger partial charge is 0.220 e. The fourth-order valence-corrected chi connectivity index (χ4v) is 6.45. The summed E-state index contributed by atoms with van der Waals surface area (Å²) >= 11 is 0. The van der Waals surface area contributed by atoms with Crippen LogP contribution in [0.25, 0.3) is 0 Å². The maximum atomic E-state index is 12.3. The summed E-state index contributed by atoms with van der Waals surface area (Å²) in [6, 6.07) is 0. The highest BCUT2D eigenvalue weighted by Gasteiger charge is 2.27. The molecule has 0 unspecified atom stereocenters. The van der Waals surface area contributed by atoms with Gasteiger partial charge < -0.3 is 24.7 Å². The normalized spacial score (nSPS) is 12.2. The molecule has 7 heteroatoms. The lowest BCUT2D eigenvalue weighted by molar-refractivity contribution is -0.913. The molecule has 0 atom stereocenters. The fourth-order valence-electron chi connectivity index (χ4n) is 6.45. The van der Waals surface area contributed by atoms with Gasteiger partial charge in [0, 0.05) is 12.8 Å². The highest BCUT2D eigenvalue weighted by atomic mass is 16.3. The third-order valence-corrected chi connectivity index (χ3v) is 9.50. The third-order valence-electron chi connectivity index (χ3n) is 9.50. The van der Waals surface area contributed by atoms with Gasteiger partial charge in [-0.3, -0.25) is 9.59 Å². The summed E-state index contributed by atoms with van der Waals surface area (Å²) in [6.07, 6.45) is 29.2. The molecule has 0 aromatic rings. The summed E-state index contributed by atoms with van der Waals surface area (Å²) in [6.45, 7) is 8.68. The Bertz CT molecular complexity index is 655. The Morgan fingerprint density at radius 2 is 0.739 bits per heavy atom. The number of quaternary nitrogens is 2. The zero-order chi connectivity index (χ0) is 34.4. The van der Waals surface area contributed by atoms with Crippen LogP contribution in [0.15, 0.2) is 0 Å². The standard InChI is InChI=1S/C39H80N4O3/c1-7-9-11-13-15-17-19-21-23-25-27-29-38(45)40-31-33-42(3,4)35-37(44)36-43(5,6)34-32-41-39(46)30-28-26-24-22-20-18-16-14-12-10-8-2/h37,44H,7-36H2,1-6H3/p+2. The van der Waals surface area contributed by atoms with Gasteiger partial charge in [0.15, 0.2) is 6.10 Å². The lowest BCUT2D eigenvalue weighted by Crippen LogP contribution is -2.55. The zero-order valence-electron chi connectivity index (χ0n) is 31.9. The van der Waals surface area contributed by atoms with E-state index in [1.807, 2.05) is 0 Å². The van der Waals surface area contributed by atoms with Crippen LogP contribution in [0.4, 0.5) is 0 Å². The topological polar surface area (TPSA) is 78.4 Å². The van der Waals surface area contributed by atoms with E-state index in [-0.39, 0.29) is 11.8 Å². The molecule has 0 aromatic carbocycles. The van der Waals surface area contributed by atoms with Gasteiger partial charge >= 0.3 is 0 Å². The molecule has 0 saturated carbocycles. The number of amides is 2. The Balaban J connectivity index is 3.86. The second kappa shape index (κ2) is 29.9. The summed E-state index contributed by atoms with van der Waals surface area (Å²) < 4.78 is 1.32. The minimum atomic E-state index is -0.441. The number of hydrogen-bond acceptors (Lipinski definition) is 3. The SMILES string of the molecule is CCCCCCCCCCCCCC(=O)NCC[N+](C)(C)CC(O)C[N+](C)(C)CCNC(=O)CCCCCCCCCCCCC. The molecule has 0 aliphatic heterocycles. The quantitative estimate of drug-likeness (QED) is 0.0484. The molecular weight excluding hydrogens is 572 g/mol. The van der Waals surface area contributed by atoms with Gasteiger partial charge in [0.1, 0.15) is 13.1 Å². The first-order chi connectivity index (χ1) is 22.0. The predicted molar refractivity (Wildman–Crippen MR) is 198 cm³/mol. The molecule has 0 heterocycles.